The van der Waals surface area contributed by atoms with Gasteiger partial charge in [0.2, 0.25) is 6.79 Å². The van der Waals surface area contributed by atoms with E-state index in [0.29, 0.717) is 13.3 Å². The van der Waals surface area contributed by atoms with E-state index in [1.54, 1.807) is 0 Å². The fourth-order valence-electron chi connectivity index (χ4n) is 1.99. The van der Waals surface area contributed by atoms with Crippen LogP contribution in [0.15, 0.2) is 55.1 Å². The van der Waals surface area contributed by atoms with Crippen LogP contribution in [0.25, 0.3) is 5.57 Å². The lowest BCUT2D eigenvalue weighted by Gasteiger charge is -2.09. The monoisotopic (exact) mass is 253 g/mol. The van der Waals surface area contributed by atoms with E-state index in [1.165, 1.54) is 0 Å². The zero-order valence-corrected chi connectivity index (χ0v) is 10.6. The Morgan fingerprint density at radius 3 is 2.68 bits per heavy atom. The second-order valence-electron chi connectivity index (χ2n) is 4.39. The summed E-state index contributed by atoms with van der Waals surface area (Å²) in [5.74, 6) is 1.59. The Morgan fingerprint density at radius 2 is 1.84 bits per heavy atom. The zero-order valence-electron chi connectivity index (χ0n) is 10.6. The second kappa shape index (κ2) is 5.06. The van der Waals surface area contributed by atoms with E-state index in [1.807, 2.05) is 36.4 Å². The van der Waals surface area contributed by atoms with Crippen LogP contribution in [0.4, 0.5) is 5.69 Å². The minimum atomic E-state index is 0.301. The van der Waals surface area contributed by atoms with E-state index in [4.69, 9.17) is 9.47 Å². The third-order valence-electron chi connectivity index (χ3n) is 3.06. The van der Waals surface area contributed by atoms with E-state index >= 15 is 0 Å². The summed E-state index contributed by atoms with van der Waals surface area (Å²) < 4.78 is 10.6. The Kier molecular flexibility index (Phi) is 3.11. The molecule has 3 heteroatoms. The third kappa shape index (κ3) is 2.55. The van der Waals surface area contributed by atoms with Gasteiger partial charge in [0.15, 0.2) is 11.5 Å². The Bertz CT molecular complexity index is 593. The maximum atomic E-state index is 5.35. The first-order valence-corrected chi connectivity index (χ1v) is 6.19. The Hall–Kier alpha value is -2.42. The summed E-state index contributed by atoms with van der Waals surface area (Å²) in [6.07, 6.45) is 0. The predicted molar refractivity (Wildman–Crippen MR) is 76.5 cm³/mol. The quantitative estimate of drug-likeness (QED) is 0.904. The van der Waals surface area contributed by atoms with Crippen LogP contribution >= 0.6 is 0 Å². The first-order chi connectivity index (χ1) is 9.33. The molecule has 19 heavy (non-hydrogen) atoms. The molecule has 0 aliphatic carbocycles. The van der Waals surface area contributed by atoms with Crippen molar-refractivity contribution in [1.29, 1.82) is 0 Å². The highest BCUT2D eigenvalue weighted by Crippen LogP contribution is 2.34. The Balaban J connectivity index is 1.65. The van der Waals surface area contributed by atoms with Crippen molar-refractivity contribution < 1.29 is 9.47 Å². The molecular weight excluding hydrogens is 238 g/mol. The molecule has 0 amide bonds. The van der Waals surface area contributed by atoms with Gasteiger partial charge in [0.05, 0.1) is 0 Å². The van der Waals surface area contributed by atoms with E-state index in [-0.39, 0.29) is 0 Å². The number of hydrogen-bond acceptors (Lipinski definition) is 3. The number of benzene rings is 2. The first-order valence-electron chi connectivity index (χ1n) is 6.19. The minimum absolute atomic E-state index is 0.301. The van der Waals surface area contributed by atoms with Crippen molar-refractivity contribution in [1.82, 2.24) is 0 Å². The largest absolute Gasteiger partial charge is 0.454 e. The summed E-state index contributed by atoms with van der Waals surface area (Å²) in [7, 11) is 0. The van der Waals surface area contributed by atoms with Crippen LogP contribution in [0.5, 0.6) is 11.5 Å². The van der Waals surface area contributed by atoms with Crippen LogP contribution in [0.1, 0.15) is 5.56 Å². The lowest BCUT2D eigenvalue weighted by molar-refractivity contribution is 0.174. The molecule has 0 saturated heterocycles. The molecule has 3 nitrogen and oxygen atoms in total. The number of nitrogens with one attached hydrogen (secondary N) is 1. The molecule has 0 fully saturated rings. The number of fused-ring (bicyclic) bond motifs is 1. The smallest absolute Gasteiger partial charge is 0.231 e. The van der Waals surface area contributed by atoms with E-state index in [2.05, 4.69) is 24.0 Å². The topological polar surface area (TPSA) is 30.5 Å². The van der Waals surface area contributed by atoms with Gasteiger partial charge in [-0.1, -0.05) is 36.9 Å². The standard InChI is InChI=1S/C16H15NO2/c1-12(13-5-3-2-4-6-13)10-17-14-7-8-15-16(9-14)19-11-18-15/h2-9,17H,1,10-11H2. The molecule has 0 radical (unpaired) electrons. The van der Waals surface area contributed by atoms with E-state index in [0.717, 1.165) is 28.3 Å². The number of rotatable bonds is 4. The lowest BCUT2D eigenvalue weighted by atomic mass is 10.1. The van der Waals surface area contributed by atoms with Gasteiger partial charge < -0.3 is 14.8 Å². The van der Waals surface area contributed by atoms with Crippen molar-refractivity contribution in [3.05, 3.63) is 60.7 Å². The number of anilines is 1. The van der Waals surface area contributed by atoms with Crippen LogP contribution in [0, 0.1) is 0 Å². The minimum Gasteiger partial charge on any atom is -0.454 e. The first kappa shape index (κ1) is 11.7. The average Bonchev–Trinajstić information content (AvgIpc) is 2.93. The van der Waals surface area contributed by atoms with Gasteiger partial charge >= 0.3 is 0 Å². The maximum Gasteiger partial charge on any atom is 0.231 e. The van der Waals surface area contributed by atoms with Crippen LogP contribution < -0.4 is 14.8 Å². The van der Waals surface area contributed by atoms with Gasteiger partial charge in [-0.25, -0.2) is 0 Å². The molecule has 2 aromatic carbocycles. The molecule has 3 rings (SSSR count). The van der Waals surface area contributed by atoms with Gasteiger partial charge in [-0.15, -0.1) is 0 Å². The molecule has 1 aliphatic heterocycles. The molecule has 1 N–H and O–H groups in total. The van der Waals surface area contributed by atoms with E-state index < -0.39 is 0 Å². The fraction of sp³-hybridized carbons (Fsp3) is 0.125. The molecule has 96 valence electrons. The van der Waals surface area contributed by atoms with E-state index in [9.17, 15) is 0 Å². The molecule has 0 atom stereocenters. The molecule has 2 aromatic rings. The van der Waals surface area contributed by atoms with Gasteiger partial charge in [0.1, 0.15) is 0 Å². The highest BCUT2D eigenvalue weighted by atomic mass is 16.7. The van der Waals surface area contributed by atoms with Crippen molar-refractivity contribution in [2.75, 3.05) is 18.7 Å². The average molecular weight is 253 g/mol. The van der Waals surface area contributed by atoms with Crippen molar-refractivity contribution in [3.63, 3.8) is 0 Å². The maximum absolute atomic E-state index is 5.35. The van der Waals surface area contributed by atoms with Crippen LogP contribution in [0.2, 0.25) is 0 Å². The zero-order chi connectivity index (χ0) is 13.1. The predicted octanol–water partition coefficient (Wildman–Crippen LogP) is 3.54. The van der Waals surface area contributed by atoms with Crippen molar-refractivity contribution >= 4 is 11.3 Å². The molecule has 0 bridgehead atoms. The highest BCUT2D eigenvalue weighted by molar-refractivity contribution is 5.68. The SMILES string of the molecule is C=C(CNc1ccc2c(c1)OCO2)c1ccccc1. The molecule has 1 heterocycles. The summed E-state index contributed by atoms with van der Waals surface area (Å²) >= 11 is 0. The molecule has 0 spiro atoms. The highest BCUT2D eigenvalue weighted by Gasteiger charge is 2.12. The molecule has 0 aromatic heterocycles. The van der Waals surface area contributed by atoms with Gasteiger partial charge in [0.25, 0.3) is 0 Å². The van der Waals surface area contributed by atoms with Gasteiger partial charge in [-0.2, -0.15) is 0 Å². The summed E-state index contributed by atoms with van der Waals surface area (Å²) in [5, 5.41) is 3.34. The van der Waals surface area contributed by atoms with Crippen molar-refractivity contribution in [3.8, 4) is 11.5 Å². The molecule has 0 unspecified atom stereocenters. The van der Waals surface area contributed by atoms with Crippen LogP contribution in [-0.2, 0) is 0 Å². The third-order valence-corrected chi connectivity index (χ3v) is 3.06. The molecule has 1 aliphatic rings. The fourth-order valence-corrected chi connectivity index (χ4v) is 1.99. The Morgan fingerprint density at radius 1 is 1.05 bits per heavy atom. The van der Waals surface area contributed by atoms with Crippen LogP contribution in [-0.4, -0.2) is 13.3 Å². The van der Waals surface area contributed by atoms with Crippen molar-refractivity contribution in [2.24, 2.45) is 0 Å². The normalized spacial score (nSPS) is 12.2. The number of ether oxygens (including phenoxy) is 2. The van der Waals surface area contributed by atoms with Crippen LogP contribution in [0.3, 0.4) is 0 Å². The van der Waals surface area contributed by atoms with Gasteiger partial charge in [-0.05, 0) is 23.3 Å². The summed E-state index contributed by atoms with van der Waals surface area (Å²) in [5.41, 5.74) is 3.20. The Labute approximate surface area is 112 Å². The number of hydrogen-bond donors (Lipinski definition) is 1. The van der Waals surface area contributed by atoms with Gasteiger partial charge in [0, 0.05) is 18.3 Å². The lowest BCUT2D eigenvalue weighted by Crippen LogP contribution is -2.03. The molecule has 0 saturated carbocycles. The summed E-state index contributed by atoms with van der Waals surface area (Å²) in [6.45, 7) is 5.09. The summed E-state index contributed by atoms with van der Waals surface area (Å²) in [4.78, 5) is 0. The van der Waals surface area contributed by atoms with Crippen molar-refractivity contribution in [2.45, 2.75) is 0 Å². The molecular formula is C16H15NO2. The summed E-state index contributed by atoms with van der Waals surface area (Å²) in [6, 6.07) is 16.0. The van der Waals surface area contributed by atoms with Gasteiger partial charge in [-0.3, -0.25) is 0 Å². The second-order valence-corrected chi connectivity index (χ2v) is 4.39.